The average molecular weight is 301 g/mol. The maximum Gasteiger partial charge on any atom is 0.321 e. The summed E-state index contributed by atoms with van der Waals surface area (Å²) in [6.45, 7) is 10.3. The molecule has 0 fully saturated rings. The lowest BCUT2D eigenvalue weighted by atomic mass is 10.1. The molecule has 0 aliphatic heterocycles. The minimum Gasteiger partial charge on any atom is -0.481 e. The molecule has 3 amide bonds. The summed E-state index contributed by atoms with van der Waals surface area (Å²) in [4.78, 5) is 35.7. The number of rotatable bonds is 7. The van der Waals surface area contributed by atoms with E-state index in [0.717, 1.165) is 0 Å². The third-order valence-electron chi connectivity index (χ3n) is 2.80. The van der Waals surface area contributed by atoms with Gasteiger partial charge in [0.25, 0.3) is 0 Å². The third kappa shape index (κ3) is 9.84. The van der Waals surface area contributed by atoms with Crippen LogP contribution in [0.15, 0.2) is 0 Å². The molecule has 0 bridgehead atoms. The highest BCUT2D eigenvalue weighted by molar-refractivity contribution is 5.95. The van der Waals surface area contributed by atoms with Gasteiger partial charge in [-0.05, 0) is 26.7 Å². The highest BCUT2D eigenvalue weighted by Gasteiger charge is 2.24. The lowest BCUT2D eigenvalue weighted by Gasteiger charge is -2.34. The fraction of sp³-hybridized carbons (Fsp3) is 0.786. The summed E-state index contributed by atoms with van der Waals surface area (Å²) in [5, 5.41) is 13.6. The Bertz CT molecular complexity index is 375. The highest BCUT2D eigenvalue weighted by atomic mass is 16.4. The van der Waals surface area contributed by atoms with Crippen molar-refractivity contribution in [2.24, 2.45) is 5.92 Å². The molecular weight excluding hydrogens is 274 g/mol. The number of nitrogens with zero attached hydrogens (tertiary/aromatic N) is 1. The normalized spacial score (nSPS) is 11.6. The summed E-state index contributed by atoms with van der Waals surface area (Å²) in [5.41, 5.74) is -0.360. The largest absolute Gasteiger partial charge is 0.481 e. The van der Waals surface area contributed by atoms with E-state index >= 15 is 0 Å². The Morgan fingerprint density at radius 1 is 1.19 bits per heavy atom. The van der Waals surface area contributed by atoms with Crippen molar-refractivity contribution in [3.8, 4) is 0 Å². The van der Waals surface area contributed by atoms with Crippen LogP contribution in [-0.4, -0.2) is 53.1 Å². The molecule has 0 heterocycles. The third-order valence-corrected chi connectivity index (χ3v) is 2.80. The number of imide groups is 1. The Morgan fingerprint density at radius 3 is 2.19 bits per heavy atom. The molecule has 3 N–H and O–H groups in total. The molecule has 0 unspecified atom stereocenters. The zero-order valence-corrected chi connectivity index (χ0v) is 13.5. The second-order valence-corrected chi connectivity index (χ2v) is 6.39. The summed E-state index contributed by atoms with van der Waals surface area (Å²) in [6, 6.07) is -0.527. The first-order valence-corrected chi connectivity index (χ1v) is 7.07. The Labute approximate surface area is 126 Å². The summed E-state index contributed by atoms with van der Waals surface area (Å²) in [7, 11) is 0. The SMILES string of the molecule is CC(C)CNC(=O)NC(=O)CN(CCC(=O)O)C(C)(C)C. The first kappa shape index (κ1) is 19.4. The van der Waals surface area contributed by atoms with Gasteiger partial charge in [0.1, 0.15) is 0 Å². The Hall–Kier alpha value is -1.63. The molecule has 0 aromatic heterocycles. The van der Waals surface area contributed by atoms with Crippen LogP contribution in [-0.2, 0) is 9.59 Å². The van der Waals surface area contributed by atoms with Gasteiger partial charge >= 0.3 is 12.0 Å². The van der Waals surface area contributed by atoms with E-state index in [4.69, 9.17) is 5.11 Å². The minimum absolute atomic E-state index is 0.0219. The van der Waals surface area contributed by atoms with Gasteiger partial charge < -0.3 is 10.4 Å². The maximum atomic E-state index is 11.8. The van der Waals surface area contributed by atoms with E-state index in [9.17, 15) is 14.4 Å². The van der Waals surface area contributed by atoms with Gasteiger partial charge in [-0.3, -0.25) is 19.8 Å². The first-order chi connectivity index (χ1) is 9.52. The van der Waals surface area contributed by atoms with Crippen LogP contribution in [0.1, 0.15) is 41.0 Å². The van der Waals surface area contributed by atoms with E-state index in [2.05, 4.69) is 10.6 Å². The van der Waals surface area contributed by atoms with Crippen molar-refractivity contribution in [2.45, 2.75) is 46.6 Å². The number of carbonyl (C=O) groups excluding carboxylic acids is 2. The molecule has 7 nitrogen and oxygen atoms in total. The van der Waals surface area contributed by atoms with Gasteiger partial charge in [0.2, 0.25) is 5.91 Å². The van der Waals surface area contributed by atoms with E-state index in [-0.39, 0.29) is 25.0 Å². The predicted molar refractivity (Wildman–Crippen MR) is 80.0 cm³/mol. The molecular formula is C14H27N3O4. The number of carboxylic acids is 1. The Balaban J connectivity index is 4.40. The molecule has 0 aliphatic carbocycles. The molecule has 0 atom stereocenters. The molecule has 0 saturated carbocycles. The second-order valence-electron chi connectivity index (χ2n) is 6.39. The average Bonchev–Trinajstić information content (AvgIpc) is 2.30. The van der Waals surface area contributed by atoms with Gasteiger partial charge in [-0.15, -0.1) is 0 Å². The fourth-order valence-electron chi connectivity index (χ4n) is 1.56. The molecule has 0 rings (SSSR count). The van der Waals surface area contributed by atoms with Crippen molar-refractivity contribution in [1.82, 2.24) is 15.5 Å². The van der Waals surface area contributed by atoms with Crippen molar-refractivity contribution in [2.75, 3.05) is 19.6 Å². The van der Waals surface area contributed by atoms with Crippen LogP contribution in [0, 0.1) is 5.92 Å². The molecule has 0 spiro atoms. The number of nitrogens with one attached hydrogen (secondary N) is 2. The molecule has 0 aliphatic rings. The summed E-state index contributed by atoms with van der Waals surface area (Å²) >= 11 is 0. The van der Waals surface area contributed by atoms with Crippen molar-refractivity contribution < 1.29 is 19.5 Å². The number of amides is 3. The predicted octanol–water partition coefficient (Wildman–Crippen LogP) is 1.04. The van der Waals surface area contributed by atoms with Gasteiger partial charge in [0.15, 0.2) is 0 Å². The van der Waals surface area contributed by atoms with Crippen molar-refractivity contribution in [3.05, 3.63) is 0 Å². The first-order valence-electron chi connectivity index (χ1n) is 7.07. The lowest BCUT2D eigenvalue weighted by molar-refractivity contribution is -0.138. The Morgan fingerprint density at radius 2 is 1.76 bits per heavy atom. The van der Waals surface area contributed by atoms with E-state index in [1.54, 1.807) is 4.90 Å². The van der Waals surface area contributed by atoms with Crippen molar-refractivity contribution >= 4 is 17.9 Å². The monoisotopic (exact) mass is 301 g/mol. The number of hydrogen-bond donors (Lipinski definition) is 3. The van der Waals surface area contributed by atoms with Crippen molar-refractivity contribution in [3.63, 3.8) is 0 Å². The van der Waals surface area contributed by atoms with Crippen LogP contribution in [0.5, 0.6) is 0 Å². The standard InChI is InChI=1S/C14H27N3O4/c1-10(2)8-15-13(21)16-11(18)9-17(14(3,4)5)7-6-12(19)20/h10H,6-9H2,1-5H3,(H,19,20)(H2,15,16,18,21). The van der Waals surface area contributed by atoms with Gasteiger partial charge in [0, 0.05) is 18.6 Å². The molecule has 7 heteroatoms. The lowest BCUT2D eigenvalue weighted by Crippen LogP contribution is -2.50. The topological polar surface area (TPSA) is 98.7 Å². The van der Waals surface area contributed by atoms with Crippen LogP contribution in [0.3, 0.4) is 0 Å². The van der Waals surface area contributed by atoms with Crippen LogP contribution >= 0.6 is 0 Å². The molecule has 0 aromatic rings. The zero-order valence-electron chi connectivity index (χ0n) is 13.5. The number of carbonyl (C=O) groups is 3. The van der Waals surface area contributed by atoms with Crippen LogP contribution in [0.4, 0.5) is 4.79 Å². The smallest absolute Gasteiger partial charge is 0.321 e. The summed E-state index contributed by atoms with van der Waals surface area (Å²) in [5.74, 6) is -1.07. The molecule has 0 aromatic carbocycles. The van der Waals surface area contributed by atoms with Gasteiger partial charge in [-0.25, -0.2) is 4.79 Å². The van der Waals surface area contributed by atoms with Gasteiger partial charge in [-0.2, -0.15) is 0 Å². The summed E-state index contributed by atoms with van der Waals surface area (Å²) in [6.07, 6.45) is -0.0515. The van der Waals surface area contributed by atoms with Gasteiger partial charge in [-0.1, -0.05) is 13.8 Å². The molecule has 0 radical (unpaired) electrons. The summed E-state index contributed by atoms with van der Waals surface area (Å²) < 4.78 is 0. The quantitative estimate of drug-likeness (QED) is 0.652. The van der Waals surface area contributed by atoms with E-state index in [0.29, 0.717) is 12.5 Å². The molecule has 0 saturated heterocycles. The zero-order chi connectivity index (χ0) is 16.6. The van der Waals surface area contributed by atoms with E-state index < -0.39 is 17.9 Å². The van der Waals surface area contributed by atoms with E-state index in [1.807, 2.05) is 34.6 Å². The number of carboxylic acid groups (broad SMARTS) is 1. The fourth-order valence-corrected chi connectivity index (χ4v) is 1.56. The second kappa shape index (κ2) is 8.61. The molecule has 21 heavy (non-hydrogen) atoms. The van der Waals surface area contributed by atoms with Crippen LogP contribution in [0.25, 0.3) is 0 Å². The minimum atomic E-state index is -0.917. The number of hydrogen-bond acceptors (Lipinski definition) is 4. The van der Waals surface area contributed by atoms with E-state index in [1.165, 1.54) is 0 Å². The Kier molecular flexibility index (Phi) is 7.94. The highest BCUT2D eigenvalue weighted by Crippen LogP contribution is 2.13. The van der Waals surface area contributed by atoms with Crippen LogP contribution < -0.4 is 10.6 Å². The molecule has 122 valence electrons. The van der Waals surface area contributed by atoms with Crippen molar-refractivity contribution in [1.29, 1.82) is 0 Å². The van der Waals surface area contributed by atoms with Crippen LogP contribution in [0.2, 0.25) is 0 Å². The maximum absolute atomic E-state index is 11.8. The number of urea groups is 1. The van der Waals surface area contributed by atoms with Gasteiger partial charge in [0.05, 0.1) is 13.0 Å². The number of aliphatic carboxylic acids is 1.